The van der Waals surface area contributed by atoms with Crippen molar-refractivity contribution in [3.8, 4) is 0 Å². The fourth-order valence-corrected chi connectivity index (χ4v) is 4.03. The predicted molar refractivity (Wildman–Crippen MR) is 106 cm³/mol. The Morgan fingerprint density at radius 2 is 1.92 bits per heavy atom. The van der Waals surface area contributed by atoms with Crippen molar-refractivity contribution in [2.45, 2.75) is 25.2 Å². The standard InChI is InChI=1S/C23H27NO2/c1-24(2)16-21-12-11-18(15-22(21)19-8-4-3-5-9-19)13-17-7-6-10-20(14-17)23(25)26/h3-10,13-14,21-22H,11-12,15-16H2,1-2H3,(H,25,26)/t21-,22+/m1/s1. The normalized spacial score (nSPS) is 21.9. The van der Waals surface area contributed by atoms with Crippen molar-refractivity contribution in [1.82, 2.24) is 4.90 Å². The fourth-order valence-electron chi connectivity index (χ4n) is 4.03. The van der Waals surface area contributed by atoms with Crippen molar-refractivity contribution < 1.29 is 9.90 Å². The molecule has 2 atom stereocenters. The van der Waals surface area contributed by atoms with Crippen LogP contribution in [0.25, 0.3) is 6.08 Å². The molecule has 0 aliphatic heterocycles. The lowest BCUT2D eigenvalue weighted by Crippen LogP contribution is -2.29. The van der Waals surface area contributed by atoms with Gasteiger partial charge in [0.15, 0.2) is 0 Å². The first kappa shape index (κ1) is 18.4. The van der Waals surface area contributed by atoms with Gasteiger partial charge >= 0.3 is 5.97 Å². The molecule has 1 aliphatic rings. The summed E-state index contributed by atoms with van der Waals surface area (Å²) in [6.07, 6.45) is 5.48. The number of allylic oxidation sites excluding steroid dienone is 1. The molecule has 1 fully saturated rings. The summed E-state index contributed by atoms with van der Waals surface area (Å²) in [5.74, 6) is 0.290. The molecule has 1 saturated carbocycles. The van der Waals surface area contributed by atoms with Crippen molar-refractivity contribution in [3.05, 3.63) is 76.9 Å². The minimum absolute atomic E-state index is 0.347. The lowest BCUT2D eigenvalue weighted by molar-refractivity contribution is 0.0697. The quantitative estimate of drug-likeness (QED) is 0.833. The number of hydrogen-bond acceptors (Lipinski definition) is 2. The van der Waals surface area contributed by atoms with Gasteiger partial charge in [-0.15, -0.1) is 0 Å². The third-order valence-corrected chi connectivity index (χ3v) is 5.22. The number of carboxylic acids is 1. The smallest absolute Gasteiger partial charge is 0.335 e. The molecule has 0 unspecified atom stereocenters. The second kappa shape index (κ2) is 8.33. The first-order chi connectivity index (χ1) is 12.5. The van der Waals surface area contributed by atoms with Gasteiger partial charge in [0.25, 0.3) is 0 Å². The topological polar surface area (TPSA) is 40.5 Å². The van der Waals surface area contributed by atoms with E-state index in [9.17, 15) is 9.90 Å². The minimum atomic E-state index is -0.873. The first-order valence-electron chi connectivity index (χ1n) is 9.25. The molecule has 0 spiro atoms. The van der Waals surface area contributed by atoms with E-state index in [2.05, 4.69) is 55.4 Å². The van der Waals surface area contributed by atoms with Gasteiger partial charge in [-0.25, -0.2) is 4.79 Å². The van der Waals surface area contributed by atoms with Crippen LogP contribution in [0.5, 0.6) is 0 Å². The lowest BCUT2D eigenvalue weighted by atomic mass is 9.73. The van der Waals surface area contributed by atoms with E-state index in [0.717, 1.165) is 24.9 Å². The van der Waals surface area contributed by atoms with Gasteiger partial charge < -0.3 is 10.0 Å². The second-order valence-electron chi connectivity index (χ2n) is 7.52. The Kier molecular flexibility index (Phi) is 5.89. The maximum Gasteiger partial charge on any atom is 0.335 e. The van der Waals surface area contributed by atoms with Crippen LogP contribution in [0, 0.1) is 5.92 Å². The average molecular weight is 349 g/mol. The molecule has 2 aromatic carbocycles. The third kappa shape index (κ3) is 4.61. The van der Waals surface area contributed by atoms with Gasteiger partial charge in [0, 0.05) is 6.54 Å². The zero-order valence-electron chi connectivity index (χ0n) is 15.6. The van der Waals surface area contributed by atoms with Gasteiger partial charge in [0.2, 0.25) is 0 Å². The van der Waals surface area contributed by atoms with Crippen LogP contribution in [0.15, 0.2) is 60.2 Å². The number of carboxylic acid groups (broad SMARTS) is 1. The third-order valence-electron chi connectivity index (χ3n) is 5.22. The predicted octanol–water partition coefficient (Wildman–Crippen LogP) is 4.91. The number of rotatable bonds is 5. The van der Waals surface area contributed by atoms with Crippen LogP contribution in [-0.2, 0) is 0 Å². The van der Waals surface area contributed by atoms with Crippen LogP contribution in [-0.4, -0.2) is 36.6 Å². The maximum atomic E-state index is 11.2. The summed E-state index contributed by atoms with van der Waals surface area (Å²) in [5, 5.41) is 9.20. The average Bonchev–Trinajstić information content (AvgIpc) is 2.63. The molecule has 0 bridgehead atoms. The van der Waals surface area contributed by atoms with E-state index >= 15 is 0 Å². The molecule has 0 radical (unpaired) electrons. The van der Waals surface area contributed by atoms with E-state index in [1.54, 1.807) is 12.1 Å². The summed E-state index contributed by atoms with van der Waals surface area (Å²) in [4.78, 5) is 13.5. The maximum absolute atomic E-state index is 11.2. The number of aromatic carboxylic acids is 1. The zero-order chi connectivity index (χ0) is 18.5. The Hall–Kier alpha value is -2.39. The van der Waals surface area contributed by atoms with Crippen LogP contribution in [0.4, 0.5) is 0 Å². The summed E-state index contributed by atoms with van der Waals surface area (Å²) in [7, 11) is 4.29. The van der Waals surface area contributed by atoms with Gasteiger partial charge in [0.05, 0.1) is 5.56 Å². The largest absolute Gasteiger partial charge is 0.478 e. The highest BCUT2D eigenvalue weighted by molar-refractivity contribution is 5.88. The number of nitrogens with zero attached hydrogens (tertiary/aromatic N) is 1. The van der Waals surface area contributed by atoms with Crippen molar-refractivity contribution >= 4 is 12.0 Å². The summed E-state index contributed by atoms with van der Waals surface area (Å²) in [6.45, 7) is 1.10. The van der Waals surface area contributed by atoms with Crippen LogP contribution in [0.2, 0.25) is 0 Å². The minimum Gasteiger partial charge on any atom is -0.478 e. The molecule has 1 N–H and O–H groups in total. The van der Waals surface area contributed by atoms with Crippen LogP contribution in [0.1, 0.15) is 46.7 Å². The van der Waals surface area contributed by atoms with Crippen molar-refractivity contribution in [2.75, 3.05) is 20.6 Å². The van der Waals surface area contributed by atoms with E-state index in [1.165, 1.54) is 17.6 Å². The highest BCUT2D eigenvalue weighted by Gasteiger charge is 2.29. The van der Waals surface area contributed by atoms with Gasteiger partial charge in [-0.2, -0.15) is 0 Å². The van der Waals surface area contributed by atoms with E-state index in [0.29, 0.717) is 17.4 Å². The van der Waals surface area contributed by atoms with E-state index in [-0.39, 0.29) is 0 Å². The molecule has 0 saturated heterocycles. The zero-order valence-corrected chi connectivity index (χ0v) is 15.6. The highest BCUT2D eigenvalue weighted by Crippen LogP contribution is 2.41. The van der Waals surface area contributed by atoms with Gasteiger partial charge in [-0.1, -0.05) is 54.1 Å². The second-order valence-corrected chi connectivity index (χ2v) is 7.52. The molecule has 0 heterocycles. The molecular weight excluding hydrogens is 322 g/mol. The van der Waals surface area contributed by atoms with Crippen LogP contribution in [0.3, 0.4) is 0 Å². The first-order valence-corrected chi connectivity index (χ1v) is 9.25. The molecule has 26 heavy (non-hydrogen) atoms. The van der Waals surface area contributed by atoms with Crippen molar-refractivity contribution in [1.29, 1.82) is 0 Å². The molecular formula is C23H27NO2. The SMILES string of the molecule is CN(C)C[C@H]1CCC(=Cc2cccc(C(=O)O)c2)C[C@H]1c1ccccc1. The number of benzene rings is 2. The molecule has 1 aliphatic carbocycles. The molecule has 3 heteroatoms. The Morgan fingerprint density at radius 3 is 2.62 bits per heavy atom. The molecule has 2 aromatic rings. The van der Waals surface area contributed by atoms with Crippen molar-refractivity contribution in [2.24, 2.45) is 5.92 Å². The highest BCUT2D eigenvalue weighted by atomic mass is 16.4. The summed E-state index contributed by atoms with van der Waals surface area (Å²) in [6, 6.07) is 18.0. The Bertz CT molecular complexity index is 780. The van der Waals surface area contributed by atoms with E-state index < -0.39 is 5.97 Å². The van der Waals surface area contributed by atoms with E-state index in [1.807, 2.05) is 12.1 Å². The van der Waals surface area contributed by atoms with E-state index in [4.69, 9.17) is 0 Å². The van der Waals surface area contributed by atoms with Crippen LogP contribution >= 0.6 is 0 Å². The molecule has 3 rings (SSSR count). The van der Waals surface area contributed by atoms with Crippen molar-refractivity contribution in [3.63, 3.8) is 0 Å². The van der Waals surface area contributed by atoms with Gasteiger partial charge in [0.1, 0.15) is 0 Å². The molecule has 0 amide bonds. The Morgan fingerprint density at radius 1 is 1.15 bits per heavy atom. The molecule has 3 nitrogen and oxygen atoms in total. The molecule has 0 aromatic heterocycles. The molecule has 136 valence electrons. The Labute approximate surface area is 156 Å². The van der Waals surface area contributed by atoms with Gasteiger partial charge in [-0.3, -0.25) is 0 Å². The Balaban J connectivity index is 1.85. The monoisotopic (exact) mass is 349 g/mol. The number of hydrogen-bond donors (Lipinski definition) is 1. The fraction of sp³-hybridized carbons (Fsp3) is 0.348. The van der Waals surface area contributed by atoms with Crippen LogP contribution < -0.4 is 0 Å². The summed E-state index contributed by atoms with van der Waals surface area (Å²) >= 11 is 0. The summed E-state index contributed by atoms with van der Waals surface area (Å²) in [5.41, 5.74) is 4.15. The number of carbonyl (C=O) groups is 1. The summed E-state index contributed by atoms with van der Waals surface area (Å²) < 4.78 is 0. The lowest BCUT2D eigenvalue weighted by Gasteiger charge is -2.35. The van der Waals surface area contributed by atoms with Gasteiger partial charge in [-0.05, 0) is 68.5 Å².